The Bertz CT molecular complexity index is 2900. The summed E-state index contributed by atoms with van der Waals surface area (Å²) >= 11 is 0. The number of carbonyl (C=O) groups is 10. The molecule has 0 aromatic heterocycles. The van der Waals surface area contributed by atoms with Gasteiger partial charge in [-0.05, 0) is 119 Å². The summed E-state index contributed by atoms with van der Waals surface area (Å²) in [7, 11) is 8.34. The first-order chi connectivity index (χ1) is 45.6. The minimum Gasteiger partial charge on any atom is -0.481 e. The number of nitrogens with two attached hydrogens (primary N) is 1. The maximum Gasteiger partial charge on any atom is 0.404 e. The number of methoxy groups -OCH3 is 2. The van der Waals surface area contributed by atoms with Gasteiger partial charge in [0.2, 0.25) is 47.3 Å². The van der Waals surface area contributed by atoms with Crippen LogP contribution < -0.4 is 43.0 Å². The largest absolute Gasteiger partial charge is 0.481 e. The van der Waals surface area contributed by atoms with Gasteiger partial charge in [0.05, 0.1) is 48.6 Å². The molecule has 13 atom stereocenters. The van der Waals surface area contributed by atoms with Crippen LogP contribution in [0.5, 0.6) is 0 Å². The van der Waals surface area contributed by atoms with Crippen molar-refractivity contribution in [3.63, 3.8) is 0 Å². The molecule has 2 aliphatic rings. The van der Waals surface area contributed by atoms with Crippen LogP contribution >= 0.6 is 0 Å². The number of benzene rings is 2. The van der Waals surface area contributed by atoms with Crippen molar-refractivity contribution >= 4 is 64.9 Å². The predicted octanol–water partition coefficient (Wildman–Crippen LogP) is 5.20. The molecule has 2 fully saturated rings. The molecule has 4 rings (SSSR count). The van der Waals surface area contributed by atoms with Crippen LogP contribution in [0.3, 0.4) is 0 Å². The Hall–Kier alpha value is -7.43. The fourth-order valence-electron chi connectivity index (χ4n) is 13.1. The first-order valence-electron chi connectivity index (χ1n) is 33.9. The van der Waals surface area contributed by atoms with E-state index < -0.39 is 132 Å². The molecule has 544 valence electrons. The Labute approximate surface area is 570 Å². The number of likely N-dealkylation sites (tertiary alicyclic amines) is 2. The minimum atomic E-state index is -4.67. The fourth-order valence-corrected chi connectivity index (χ4v) is 13.1. The Morgan fingerprint density at radius 1 is 0.711 bits per heavy atom. The number of primary amides is 1. The molecule has 2 aromatic carbocycles. The second-order valence-electron chi connectivity index (χ2n) is 27.2. The number of hydrogen-bond acceptors (Lipinski definition) is 14. The van der Waals surface area contributed by atoms with Gasteiger partial charge in [0.25, 0.3) is 0 Å². The highest BCUT2D eigenvalue weighted by atomic mass is 19.4. The van der Waals surface area contributed by atoms with Crippen molar-refractivity contribution in [2.24, 2.45) is 41.2 Å². The van der Waals surface area contributed by atoms with E-state index in [1.165, 1.54) is 14.2 Å². The van der Waals surface area contributed by atoms with Crippen LogP contribution in [0.2, 0.25) is 0 Å². The van der Waals surface area contributed by atoms with Gasteiger partial charge < -0.3 is 67.3 Å². The number of anilines is 1. The van der Waals surface area contributed by atoms with Crippen molar-refractivity contribution < 1.29 is 75.7 Å². The van der Waals surface area contributed by atoms with Gasteiger partial charge in [0.15, 0.2) is 0 Å². The number of amides is 10. The Balaban J connectivity index is 1.43. The molecular formula is C69H109F3N12O13. The van der Waals surface area contributed by atoms with E-state index in [0.717, 1.165) is 10.5 Å². The Morgan fingerprint density at radius 2 is 1.35 bits per heavy atom. The smallest absolute Gasteiger partial charge is 0.404 e. The van der Waals surface area contributed by atoms with Crippen molar-refractivity contribution in [3.8, 4) is 0 Å². The summed E-state index contributed by atoms with van der Waals surface area (Å²) in [6.45, 7) is 16.9. The van der Waals surface area contributed by atoms with Crippen LogP contribution in [0.15, 0.2) is 54.6 Å². The molecule has 10 N–H and O–H groups in total. The number of carboxylic acids is 1. The number of nitrogens with one attached hydrogen (secondary N) is 7. The standard InChI is InChI=1S/C69H109F3N12O13/c1-15-43(8)59(82(12)66(92)57(41(4)5)80-65(91)58(42(6)7)81(10)11)52(96-13)38-55(86)84-34-20-25-51(84)60(97-14)44(9)61(87)78-50(36-45-22-17-16-18-23-45)62(88)75-39-46-27-29-48(30-28-46)76-63(89)49(24-19-32-74-68(73)95)77-64(90)56(40(2)3)79-54(85)26-21-33-83-35-31-47(67(93)94)37-53(83)69(70,71)72/h16-18,22-23,27-30,40-44,47,49-53,56-60H,15,19-21,24-26,31-39H2,1-14H3,(H,75,88)(H,76,89)(H,77,90)(H,78,87)(H,79,85)(H,80,91)(H,93,94)(H3,73,74,95)/t43-,44+,47?,49-,50-,51-,52+,53?,56-,57-,58-,59-,60+/m0/s1. The number of alkyl halides is 3. The summed E-state index contributed by atoms with van der Waals surface area (Å²) in [6.07, 6.45) is -4.92. The lowest BCUT2D eigenvalue weighted by molar-refractivity contribution is -0.197. The number of rotatable bonds is 38. The van der Waals surface area contributed by atoms with Gasteiger partial charge in [-0.1, -0.05) is 111 Å². The van der Waals surface area contributed by atoms with E-state index in [1.807, 2.05) is 90.9 Å². The predicted molar refractivity (Wildman–Crippen MR) is 361 cm³/mol. The van der Waals surface area contributed by atoms with Gasteiger partial charge in [0, 0.05) is 59.4 Å². The van der Waals surface area contributed by atoms with E-state index in [9.17, 15) is 66.2 Å². The summed E-state index contributed by atoms with van der Waals surface area (Å²) in [6, 6.07) is 7.06. The summed E-state index contributed by atoms with van der Waals surface area (Å²) in [5, 5.41) is 28.8. The molecular weight excluding hydrogens is 1260 g/mol. The molecule has 25 nitrogen and oxygen atoms in total. The zero-order valence-electron chi connectivity index (χ0n) is 59.1. The average Bonchev–Trinajstić information content (AvgIpc) is 1.61. The van der Waals surface area contributed by atoms with Crippen LogP contribution in [0, 0.1) is 35.5 Å². The number of ether oxygens (including phenoxy) is 2. The molecule has 2 heterocycles. The van der Waals surface area contributed by atoms with Crippen molar-refractivity contribution in [1.82, 2.24) is 51.5 Å². The maximum atomic E-state index is 14.6. The highest BCUT2D eigenvalue weighted by Crippen LogP contribution is 2.35. The highest BCUT2D eigenvalue weighted by molar-refractivity contribution is 5.98. The van der Waals surface area contributed by atoms with Gasteiger partial charge in [-0.15, -0.1) is 0 Å². The molecule has 0 saturated carbocycles. The van der Waals surface area contributed by atoms with Gasteiger partial charge in [-0.3, -0.25) is 53.0 Å². The number of hydrogen-bond donors (Lipinski definition) is 9. The van der Waals surface area contributed by atoms with E-state index in [1.54, 1.807) is 61.9 Å². The van der Waals surface area contributed by atoms with Crippen LogP contribution in [0.25, 0.3) is 0 Å². The van der Waals surface area contributed by atoms with Crippen molar-refractivity contribution in [2.75, 3.05) is 66.9 Å². The second kappa shape index (κ2) is 39.2. The molecule has 2 aliphatic heterocycles. The normalized spacial score (nSPS) is 19.1. The minimum absolute atomic E-state index is 0.00565. The molecule has 28 heteroatoms. The van der Waals surface area contributed by atoms with Crippen LogP contribution in [0.4, 0.5) is 23.7 Å². The summed E-state index contributed by atoms with van der Waals surface area (Å²) < 4.78 is 53.9. The lowest BCUT2D eigenvalue weighted by atomic mass is 9.89. The van der Waals surface area contributed by atoms with E-state index in [2.05, 4.69) is 37.2 Å². The molecule has 2 aromatic rings. The van der Waals surface area contributed by atoms with Crippen LogP contribution in [-0.4, -0.2) is 212 Å². The second-order valence-corrected chi connectivity index (χ2v) is 27.2. The quantitative estimate of drug-likeness (QED) is 0.0390. The van der Waals surface area contributed by atoms with Crippen LogP contribution in [0.1, 0.15) is 138 Å². The van der Waals surface area contributed by atoms with Crippen LogP contribution in [-0.2, 0) is 65.6 Å². The summed E-state index contributed by atoms with van der Waals surface area (Å²) in [5.41, 5.74) is 6.94. The molecule has 0 aliphatic carbocycles. The SMILES string of the molecule is CC[C@H](C)[C@@H]([C@@H](CC(=O)N1CCC[C@H]1[C@H](OC)[C@@H](C)C(=O)N[C@@H](Cc1ccccc1)C(=O)NCc1ccc(NC(=O)[C@H](CCCNC(N)=O)NC(=O)[C@@H](NC(=O)CCCN2CCC(C(=O)O)CC2C(F)(F)F)C(C)C)cc1)OC)N(C)C(=O)[C@@H](NC(=O)[C@H](C(C)C)N(C)C)C(C)C. The topological polar surface area (TPSA) is 333 Å². The molecule has 0 bridgehead atoms. The van der Waals surface area contributed by atoms with E-state index in [-0.39, 0.29) is 107 Å². The summed E-state index contributed by atoms with van der Waals surface area (Å²) in [5.74, 6) is -7.92. The zero-order chi connectivity index (χ0) is 72.6. The number of aliphatic carboxylic acids is 1. The maximum absolute atomic E-state index is 14.6. The number of halogens is 3. The number of likely N-dealkylation sites (N-methyl/N-ethyl adjacent to an activating group) is 2. The molecule has 97 heavy (non-hydrogen) atoms. The molecule has 0 spiro atoms. The van der Waals surface area contributed by atoms with Gasteiger partial charge in [0.1, 0.15) is 30.2 Å². The third-order valence-corrected chi connectivity index (χ3v) is 18.7. The van der Waals surface area contributed by atoms with Gasteiger partial charge in [-0.25, -0.2) is 4.79 Å². The third-order valence-electron chi connectivity index (χ3n) is 18.7. The monoisotopic (exact) mass is 1370 g/mol. The number of urea groups is 1. The first-order valence-corrected chi connectivity index (χ1v) is 33.9. The van der Waals surface area contributed by atoms with Gasteiger partial charge in [-0.2, -0.15) is 13.2 Å². The molecule has 2 saturated heterocycles. The molecule has 2 unspecified atom stereocenters. The average molecular weight is 1370 g/mol. The lowest BCUT2D eigenvalue weighted by Crippen LogP contribution is -2.59. The van der Waals surface area contributed by atoms with Crippen molar-refractivity contribution in [1.29, 1.82) is 0 Å². The Kier molecular flexibility index (Phi) is 33.2. The highest BCUT2D eigenvalue weighted by Gasteiger charge is 2.48. The number of piperidine rings is 1. The third kappa shape index (κ3) is 24.8. The van der Waals surface area contributed by atoms with E-state index in [4.69, 9.17) is 15.2 Å². The fraction of sp³-hybridized carbons (Fsp3) is 0.681. The lowest BCUT2D eigenvalue weighted by Gasteiger charge is -2.41. The van der Waals surface area contributed by atoms with Crippen molar-refractivity contribution in [2.45, 2.75) is 206 Å². The molecule has 10 amide bonds. The summed E-state index contributed by atoms with van der Waals surface area (Å²) in [4.78, 5) is 142. The van der Waals surface area contributed by atoms with Gasteiger partial charge >= 0.3 is 18.2 Å². The van der Waals surface area contributed by atoms with Crippen molar-refractivity contribution in [3.05, 3.63) is 65.7 Å². The number of nitrogens with zero attached hydrogens (tertiary/aromatic N) is 4. The Morgan fingerprint density at radius 3 is 1.91 bits per heavy atom. The molecule has 0 radical (unpaired) electrons. The zero-order valence-corrected chi connectivity index (χ0v) is 59.1. The number of carboxylic acid groups (broad SMARTS) is 1. The first kappa shape index (κ1) is 82.0. The number of carbonyl (C=O) groups excluding carboxylic acids is 9. The van der Waals surface area contributed by atoms with E-state index >= 15 is 0 Å². The van der Waals surface area contributed by atoms with E-state index in [0.29, 0.717) is 37.1 Å².